The van der Waals surface area contributed by atoms with Gasteiger partial charge in [-0.3, -0.25) is 9.69 Å². The van der Waals surface area contributed by atoms with Gasteiger partial charge in [0.15, 0.2) is 0 Å². The molecule has 0 saturated carbocycles. The summed E-state index contributed by atoms with van der Waals surface area (Å²) in [7, 11) is 0. The SMILES string of the molecule is CCCn1cncc1CN1CCCC(C(C)(C)C(=O)O)C1. The highest BCUT2D eigenvalue weighted by Gasteiger charge is 2.39. The van der Waals surface area contributed by atoms with Crippen LogP contribution < -0.4 is 0 Å². The van der Waals surface area contributed by atoms with Crippen molar-refractivity contribution in [2.24, 2.45) is 11.3 Å². The second-order valence-electron chi connectivity index (χ2n) is 6.68. The fourth-order valence-electron chi connectivity index (χ4n) is 3.11. The molecular formula is C16H27N3O2. The van der Waals surface area contributed by atoms with Gasteiger partial charge in [-0.15, -0.1) is 0 Å². The molecule has 0 bridgehead atoms. The summed E-state index contributed by atoms with van der Waals surface area (Å²) in [6, 6.07) is 0. The molecule has 1 aliphatic rings. The lowest BCUT2D eigenvalue weighted by molar-refractivity contribution is -0.151. The highest BCUT2D eigenvalue weighted by atomic mass is 16.4. The molecule has 5 heteroatoms. The summed E-state index contributed by atoms with van der Waals surface area (Å²) in [5.41, 5.74) is 0.577. The number of hydrogen-bond acceptors (Lipinski definition) is 3. The monoisotopic (exact) mass is 293 g/mol. The minimum absolute atomic E-state index is 0.214. The van der Waals surface area contributed by atoms with Gasteiger partial charge in [0.25, 0.3) is 0 Å². The van der Waals surface area contributed by atoms with Crippen molar-refractivity contribution in [3.05, 3.63) is 18.2 Å². The molecule has 1 N–H and O–H groups in total. The van der Waals surface area contributed by atoms with Crippen molar-refractivity contribution < 1.29 is 9.90 Å². The molecular weight excluding hydrogens is 266 g/mol. The zero-order valence-electron chi connectivity index (χ0n) is 13.4. The van der Waals surface area contributed by atoms with Crippen LogP contribution in [0.4, 0.5) is 0 Å². The van der Waals surface area contributed by atoms with E-state index in [4.69, 9.17) is 0 Å². The first-order valence-corrected chi connectivity index (χ1v) is 7.90. The first kappa shape index (κ1) is 16.0. The van der Waals surface area contributed by atoms with Crippen LogP contribution in [0.5, 0.6) is 0 Å². The number of imidazole rings is 1. The highest BCUT2D eigenvalue weighted by Crippen LogP contribution is 2.34. The number of carboxylic acid groups (broad SMARTS) is 1. The molecule has 21 heavy (non-hydrogen) atoms. The van der Waals surface area contributed by atoms with Crippen LogP contribution >= 0.6 is 0 Å². The van der Waals surface area contributed by atoms with Crippen molar-refractivity contribution in [2.45, 2.75) is 53.1 Å². The van der Waals surface area contributed by atoms with Gasteiger partial charge in [0.2, 0.25) is 0 Å². The Labute approximate surface area is 127 Å². The van der Waals surface area contributed by atoms with E-state index < -0.39 is 11.4 Å². The van der Waals surface area contributed by atoms with E-state index in [0.717, 1.165) is 45.4 Å². The summed E-state index contributed by atoms with van der Waals surface area (Å²) in [4.78, 5) is 18.1. The molecule has 0 amide bonds. The van der Waals surface area contributed by atoms with E-state index in [2.05, 4.69) is 21.4 Å². The number of hydrogen-bond donors (Lipinski definition) is 1. The molecule has 0 aliphatic carbocycles. The van der Waals surface area contributed by atoms with Crippen molar-refractivity contribution in [2.75, 3.05) is 13.1 Å². The maximum absolute atomic E-state index is 11.5. The molecule has 1 unspecified atom stereocenters. The number of rotatable bonds is 6. The van der Waals surface area contributed by atoms with Gasteiger partial charge in [-0.2, -0.15) is 0 Å². The third-order valence-corrected chi connectivity index (χ3v) is 4.73. The van der Waals surface area contributed by atoms with Gasteiger partial charge in [-0.25, -0.2) is 4.98 Å². The van der Waals surface area contributed by atoms with E-state index in [-0.39, 0.29) is 5.92 Å². The third-order valence-electron chi connectivity index (χ3n) is 4.73. The molecule has 1 aromatic heterocycles. The average Bonchev–Trinajstić information content (AvgIpc) is 2.87. The predicted octanol–water partition coefficient (Wildman–Crippen LogP) is 2.62. The van der Waals surface area contributed by atoms with E-state index >= 15 is 0 Å². The Morgan fingerprint density at radius 3 is 2.95 bits per heavy atom. The van der Waals surface area contributed by atoms with Gasteiger partial charge in [0.1, 0.15) is 0 Å². The van der Waals surface area contributed by atoms with Crippen LogP contribution in [0.25, 0.3) is 0 Å². The van der Waals surface area contributed by atoms with E-state index in [1.54, 1.807) is 0 Å². The molecule has 1 saturated heterocycles. The zero-order valence-corrected chi connectivity index (χ0v) is 13.4. The summed E-state index contributed by atoms with van der Waals surface area (Å²) in [5, 5.41) is 9.42. The maximum Gasteiger partial charge on any atom is 0.309 e. The number of aryl methyl sites for hydroxylation is 1. The number of piperidine rings is 1. The van der Waals surface area contributed by atoms with E-state index in [1.807, 2.05) is 26.4 Å². The van der Waals surface area contributed by atoms with Crippen LogP contribution in [0.2, 0.25) is 0 Å². The predicted molar refractivity (Wildman–Crippen MR) is 81.9 cm³/mol. The van der Waals surface area contributed by atoms with Crippen molar-refractivity contribution in [1.82, 2.24) is 14.5 Å². The van der Waals surface area contributed by atoms with E-state index in [1.165, 1.54) is 5.69 Å². The molecule has 5 nitrogen and oxygen atoms in total. The van der Waals surface area contributed by atoms with Crippen LogP contribution in [-0.2, 0) is 17.9 Å². The molecule has 0 radical (unpaired) electrons. The van der Waals surface area contributed by atoms with Gasteiger partial charge in [-0.05, 0) is 45.6 Å². The maximum atomic E-state index is 11.5. The fourth-order valence-corrected chi connectivity index (χ4v) is 3.11. The van der Waals surface area contributed by atoms with E-state index in [9.17, 15) is 9.90 Å². The Morgan fingerprint density at radius 1 is 1.52 bits per heavy atom. The van der Waals surface area contributed by atoms with Gasteiger partial charge in [-0.1, -0.05) is 6.92 Å². The summed E-state index contributed by atoms with van der Waals surface area (Å²) < 4.78 is 2.20. The summed E-state index contributed by atoms with van der Waals surface area (Å²) >= 11 is 0. The van der Waals surface area contributed by atoms with Crippen LogP contribution in [-0.4, -0.2) is 38.6 Å². The lowest BCUT2D eigenvalue weighted by Gasteiger charge is -2.39. The topological polar surface area (TPSA) is 58.4 Å². The molecule has 1 fully saturated rings. The van der Waals surface area contributed by atoms with Crippen LogP contribution in [0.1, 0.15) is 45.7 Å². The average molecular weight is 293 g/mol. The smallest absolute Gasteiger partial charge is 0.309 e. The second kappa shape index (κ2) is 6.60. The van der Waals surface area contributed by atoms with Gasteiger partial charge in [0, 0.05) is 25.8 Å². The quantitative estimate of drug-likeness (QED) is 0.876. The van der Waals surface area contributed by atoms with E-state index in [0.29, 0.717) is 0 Å². The molecule has 1 aliphatic heterocycles. The van der Waals surface area contributed by atoms with Crippen molar-refractivity contribution in [3.63, 3.8) is 0 Å². The summed E-state index contributed by atoms with van der Waals surface area (Å²) in [6.45, 7) is 9.63. The lowest BCUT2D eigenvalue weighted by atomic mass is 9.74. The molecule has 1 aromatic rings. The van der Waals surface area contributed by atoms with Crippen LogP contribution in [0.3, 0.4) is 0 Å². The Bertz CT molecular complexity index is 482. The minimum atomic E-state index is -0.689. The van der Waals surface area contributed by atoms with Crippen molar-refractivity contribution in [3.8, 4) is 0 Å². The Kier molecular flexibility index (Phi) is 5.04. The normalized spacial score (nSPS) is 20.6. The molecule has 2 rings (SSSR count). The molecule has 118 valence electrons. The number of carbonyl (C=O) groups is 1. The number of carboxylic acids is 1. The first-order chi connectivity index (χ1) is 9.95. The van der Waals surface area contributed by atoms with Gasteiger partial charge in [0.05, 0.1) is 17.4 Å². The second-order valence-corrected chi connectivity index (χ2v) is 6.68. The largest absolute Gasteiger partial charge is 0.481 e. The number of aromatic nitrogens is 2. The lowest BCUT2D eigenvalue weighted by Crippen LogP contribution is -2.44. The summed E-state index contributed by atoms with van der Waals surface area (Å²) in [5.74, 6) is -0.475. The molecule has 1 atom stereocenters. The van der Waals surface area contributed by atoms with Gasteiger partial charge < -0.3 is 9.67 Å². The molecule has 0 aromatic carbocycles. The number of nitrogens with zero attached hydrogens (tertiary/aromatic N) is 3. The molecule has 0 spiro atoms. The van der Waals surface area contributed by atoms with Crippen LogP contribution in [0.15, 0.2) is 12.5 Å². The third kappa shape index (κ3) is 3.64. The van der Waals surface area contributed by atoms with Gasteiger partial charge >= 0.3 is 5.97 Å². The summed E-state index contributed by atoms with van der Waals surface area (Å²) in [6.07, 6.45) is 6.99. The number of aliphatic carboxylic acids is 1. The fraction of sp³-hybridized carbons (Fsp3) is 0.750. The first-order valence-electron chi connectivity index (χ1n) is 7.90. The van der Waals surface area contributed by atoms with Crippen molar-refractivity contribution in [1.29, 1.82) is 0 Å². The highest BCUT2D eigenvalue weighted by molar-refractivity contribution is 5.74. The standard InChI is InChI=1S/C16H27N3O2/c1-4-7-19-12-17-9-14(19)11-18-8-5-6-13(10-18)16(2,3)15(20)21/h9,12-13H,4-8,10-11H2,1-3H3,(H,20,21). The Balaban J connectivity index is 2.01. The minimum Gasteiger partial charge on any atom is -0.481 e. The zero-order chi connectivity index (χ0) is 15.5. The molecule has 2 heterocycles. The Hall–Kier alpha value is -1.36. The van der Waals surface area contributed by atoms with Crippen LogP contribution in [0, 0.1) is 11.3 Å². The Morgan fingerprint density at radius 2 is 2.29 bits per heavy atom. The van der Waals surface area contributed by atoms with Crippen molar-refractivity contribution >= 4 is 5.97 Å². The number of likely N-dealkylation sites (tertiary alicyclic amines) is 1.